The van der Waals surface area contributed by atoms with Crippen molar-refractivity contribution in [2.75, 3.05) is 0 Å². The van der Waals surface area contributed by atoms with Crippen molar-refractivity contribution in [3.63, 3.8) is 0 Å². The molecule has 0 bridgehead atoms. The lowest BCUT2D eigenvalue weighted by molar-refractivity contribution is 0.878. The van der Waals surface area contributed by atoms with E-state index in [2.05, 4.69) is 9.55 Å². The lowest BCUT2D eigenvalue weighted by Gasteiger charge is -2.14. The van der Waals surface area contributed by atoms with Gasteiger partial charge in [0.2, 0.25) is 0 Å². The van der Waals surface area contributed by atoms with Crippen LogP contribution in [0.15, 0.2) is 42.5 Å². The van der Waals surface area contributed by atoms with Gasteiger partial charge in [0.1, 0.15) is 5.82 Å². The van der Waals surface area contributed by atoms with Crippen molar-refractivity contribution in [2.45, 2.75) is 19.2 Å². The average molecular weight is 305 g/mol. The molecule has 1 atom stereocenters. The zero-order valence-corrected chi connectivity index (χ0v) is 12.8. The molecule has 0 aliphatic rings. The van der Waals surface area contributed by atoms with Crippen molar-refractivity contribution in [3.05, 3.63) is 58.9 Å². The van der Waals surface area contributed by atoms with Gasteiger partial charge in [0, 0.05) is 5.02 Å². The first-order valence-electron chi connectivity index (χ1n) is 6.46. The monoisotopic (exact) mass is 304 g/mol. The maximum Gasteiger partial charge on any atom is 0.132 e. The van der Waals surface area contributed by atoms with Crippen LogP contribution in [-0.2, 0) is 0 Å². The van der Waals surface area contributed by atoms with Gasteiger partial charge in [-0.2, -0.15) is 0 Å². The summed E-state index contributed by atoms with van der Waals surface area (Å²) in [6.07, 6.45) is 0. The number of hydrogen-bond acceptors (Lipinski definition) is 1. The Morgan fingerprint density at radius 1 is 1.10 bits per heavy atom. The second-order valence-electron chi connectivity index (χ2n) is 4.79. The van der Waals surface area contributed by atoms with E-state index < -0.39 is 0 Å². The molecule has 0 amide bonds. The van der Waals surface area contributed by atoms with Crippen LogP contribution in [0.25, 0.3) is 16.7 Å². The summed E-state index contributed by atoms with van der Waals surface area (Å²) < 4.78 is 2.09. The molecule has 0 fully saturated rings. The van der Waals surface area contributed by atoms with E-state index in [0.717, 1.165) is 33.1 Å². The highest BCUT2D eigenvalue weighted by atomic mass is 35.5. The highest BCUT2D eigenvalue weighted by molar-refractivity contribution is 6.31. The minimum atomic E-state index is -0.180. The zero-order chi connectivity index (χ0) is 14.3. The van der Waals surface area contributed by atoms with Crippen LogP contribution in [0.5, 0.6) is 0 Å². The lowest BCUT2D eigenvalue weighted by Crippen LogP contribution is -2.03. The zero-order valence-electron chi connectivity index (χ0n) is 11.3. The normalized spacial score (nSPS) is 12.8. The van der Waals surface area contributed by atoms with Crippen molar-refractivity contribution >= 4 is 34.2 Å². The first-order valence-corrected chi connectivity index (χ1v) is 7.28. The maximum absolute atomic E-state index is 6.31. The summed E-state index contributed by atoms with van der Waals surface area (Å²) in [6.45, 7) is 3.94. The number of fused-ring (bicyclic) bond motifs is 1. The van der Waals surface area contributed by atoms with Gasteiger partial charge in [-0.05, 0) is 43.7 Å². The SMILES string of the molecule is Cc1c(Cl)cccc1-n1c(C(C)Cl)nc2ccccc21. The Morgan fingerprint density at radius 2 is 1.85 bits per heavy atom. The third-order valence-electron chi connectivity index (χ3n) is 3.42. The number of nitrogens with zero attached hydrogens (tertiary/aromatic N) is 2. The number of benzene rings is 2. The van der Waals surface area contributed by atoms with Gasteiger partial charge in [-0.1, -0.05) is 29.8 Å². The Balaban J connectivity index is 2.39. The molecule has 1 heterocycles. The third-order valence-corrected chi connectivity index (χ3v) is 4.03. The van der Waals surface area contributed by atoms with Gasteiger partial charge >= 0.3 is 0 Å². The van der Waals surface area contributed by atoms with Crippen LogP contribution < -0.4 is 0 Å². The Hall–Kier alpha value is -1.51. The fraction of sp³-hybridized carbons (Fsp3) is 0.188. The molecule has 0 saturated heterocycles. The van der Waals surface area contributed by atoms with Gasteiger partial charge in [-0.25, -0.2) is 4.98 Å². The molecule has 2 aromatic carbocycles. The van der Waals surface area contributed by atoms with Crippen molar-refractivity contribution in [3.8, 4) is 5.69 Å². The maximum atomic E-state index is 6.31. The molecule has 0 radical (unpaired) electrons. The van der Waals surface area contributed by atoms with Crippen molar-refractivity contribution in [2.24, 2.45) is 0 Å². The van der Waals surface area contributed by atoms with E-state index in [-0.39, 0.29) is 5.38 Å². The van der Waals surface area contributed by atoms with E-state index in [1.165, 1.54) is 0 Å². The van der Waals surface area contributed by atoms with Crippen LogP contribution >= 0.6 is 23.2 Å². The number of halogens is 2. The number of para-hydroxylation sites is 2. The minimum Gasteiger partial charge on any atom is -0.295 e. The summed E-state index contributed by atoms with van der Waals surface area (Å²) in [6, 6.07) is 13.9. The van der Waals surface area contributed by atoms with Crippen molar-refractivity contribution in [1.29, 1.82) is 0 Å². The predicted octanol–water partition coefficient (Wildman–Crippen LogP) is 5.29. The summed E-state index contributed by atoms with van der Waals surface area (Å²) in [4.78, 5) is 4.65. The molecule has 0 saturated carbocycles. The van der Waals surface area contributed by atoms with Gasteiger partial charge in [-0.15, -0.1) is 11.6 Å². The molecule has 102 valence electrons. The predicted molar refractivity (Wildman–Crippen MR) is 85.1 cm³/mol. The molecule has 20 heavy (non-hydrogen) atoms. The summed E-state index contributed by atoms with van der Waals surface area (Å²) in [5, 5.41) is 0.564. The smallest absolute Gasteiger partial charge is 0.132 e. The standard InChI is InChI=1S/C16H14Cl2N2/c1-10-12(18)6-5-9-14(10)20-15-8-4-3-7-13(15)19-16(20)11(2)17/h3-9,11H,1-2H3. The fourth-order valence-corrected chi connectivity index (χ4v) is 2.72. The molecule has 1 aromatic heterocycles. The van der Waals surface area contributed by atoms with Crippen LogP contribution in [0.1, 0.15) is 23.7 Å². The molecule has 0 aliphatic heterocycles. The van der Waals surface area contributed by atoms with Crippen LogP contribution in [0, 0.1) is 6.92 Å². The van der Waals surface area contributed by atoms with Gasteiger partial charge in [0.15, 0.2) is 0 Å². The second-order valence-corrected chi connectivity index (χ2v) is 5.86. The highest BCUT2D eigenvalue weighted by Crippen LogP contribution is 2.31. The third kappa shape index (κ3) is 2.09. The largest absolute Gasteiger partial charge is 0.295 e. The second kappa shape index (κ2) is 5.12. The number of aromatic nitrogens is 2. The highest BCUT2D eigenvalue weighted by Gasteiger charge is 2.17. The number of rotatable bonds is 2. The van der Waals surface area contributed by atoms with Gasteiger partial charge < -0.3 is 0 Å². The number of hydrogen-bond donors (Lipinski definition) is 0. The minimum absolute atomic E-state index is 0.180. The van der Waals surface area contributed by atoms with E-state index in [1.54, 1.807) is 0 Å². The van der Waals surface area contributed by atoms with Crippen LogP contribution in [0.4, 0.5) is 0 Å². The Morgan fingerprint density at radius 3 is 2.60 bits per heavy atom. The fourth-order valence-electron chi connectivity index (χ4n) is 2.40. The molecule has 2 nitrogen and oxygen atoms in total. The Bertz CT molecular complexity index is 775. The van der Waals surface area contributed by atoms with Gasteiger partial charge in [0.05, 0.1) is 22.1 Å². The Labute approximate surface area is 128 Å². The molecule has 3 rings (SSSR count). The molecule has 3 aromatic rings. The van der Waals surface area contributed by atoms with Crippen LogP contribution in [0.2, 0.25) is 5.02 Å². The average Bonchev–Trinajstić information content (AvgIpc) is 2.81. The van der Waals surface area contributed by atoms with Crippen LogP contribution in [-0.4, -0.2) is 9.55 Å². The lowest BCUT2D eigenvalue weighted by atomic mass is 10.2. The number of imidazole rings is 1. The van der Waals surface area contributed by atoms with Crippen molar-refractivity contribution < 1.29 is 0 Å². The topological polar surface area (TPSA) is 17.8 Å². The molecule has 0 N–H and O–H groups in total. The van der Waals surface area contributed by atoms with Crippen molar-refractivity contribution in [1.82, 2.24) is 9.55 Å². The summed E-state index contributed by atoms with van der Waals surface area (Å²) in [7, 11) is 0. The molecule has 0 aliphatic carbocycles. The summed E-state index contributed by atoms with van der Waals surface area (Å²) >= 11 is 12.6. The van der Waals surface area contributed by atoms with Gasteiger partial charge in [-0.3, -0.25) is 4.57 Å². The van der Waals surface area contributed by atoms with E-state index in [1.807, 2.05) is 56.3 Å². The molecule has 0 spiro atoms. The van der Waals surface area contributed by atoms with E-state index in [9.17, 15) is 0 Å². The molecule has 1 unspecified atom stereocenters. The van der Waals surface area contributed by atoms with E-state index >= 15 is 0 Å². The van der Waals surface area contributed by atoms with Gasteiger partial charge in [0.25, 0.3) is 0 Å². The Kier molecular flexibility index (Phi) is 3.45. The number of alkyl halides is 1. The van der Waals surface area contributed by atoms with Crippen LogP contribution in [0.3, 0.4) is 0 Å². The molecule has 4 heteroatoms. The first kappa shape index (κ1) is 13.5. The molecular weight excluding hydrogens is 291 g/mol. The summed E-state index contributed by atoms with van der Waals surface area (Å²) in [5.41, 5.74) is 4.03. The molecular formula is C16H14Cl2N2. The van der Waals surface area contributed by atoms with E-state index in [0.29, 0.717) is 0 Å². The van der Waals surface area contributed by atoms with E-state index in [4.69, 9.17) is 23.2 Å². The first-order chi connectivity index (χ1) is 9.59. The quantitative estimate of drug-likeness (QED) is 0.588. The summed E-state index contributed by atoms with van der Waals surface area (Å²) in [5.74, 6) is 0.832.